The topological polar surface area (TPSA) is 55.1 Å². The molecule has 1 amide bonds. The number of hydrogen-bond donors (Lipinski definition) is 2. The van der Waals surface area contributed by atoms with Gasteiger partial charge in [0, 0.05) is 15.1 Å². The van der Waals surface area contributed by atoms with Gasteiger partial charge in [0.05, 0.1) is 11.7 Å². The van der Waals surface area contributed by atoms with E-state index in [4.69, 9.17) is 17.3 Å². The van der Waals surface area contributed by atoms with Crippen molar-refractivity contribution in [3.8, 4) is 0 Å². The smallest absolute Gasteiger partial charge is 0.263 e. The van der Waals surface area contributed by atoms with Crippen molar-refractivity contribution in [1.29, 1.82) is 0 Å². The first-order valence-electron chi connectivity index (χ1n) is 6.36. The normalized spacial score (nSPS) is 12.5. The molecule has 1 unspecified atom stereocenters. The molecule has 0 bridgehead atoms. The summed E-state index contributed by atoms with van der Waals surface area (Å²) in [6.45, 7) is 1.96. The number of nitrogens with one attached hydrogen (secondary N) is 1. The highest BCUT2D eigenvalue weighted by atomic mass is 35.5. The van der Waals surface area contributed by atoms with E-state index in [9.17, 15) is 4.79 Å². The van der Waals surface area contributed by atoms with Gasteiger partial charge in [0.25, 0.3) is 5.91 Å². The van der Waals surface area contributed by atoms with Crippen LogP contribution in [-0.4, -0.2) is 5.91 Å². The molecule has 0 saturated heterocycles. The molecule has 1 aromatic carbocycles. The van der Waals surface area contributed by atoms with E-state index in [-0.39, 0.29) is 11.9 Å². The van der Waals surface area contributed by atoms with Crippen LogP contribution in [0.15, 0.2) is 35.0 Å². The number of nitrogen functional groups attached to an aromatic ring is 1. The lowest BCUT2D eigenvalue weighted by Gasteiger charge is -2.11. The Bertz CT molecular complexity index is 795. The molecular formula is C15H13ClN2OS2. The zero-order valence-electron chi connectivity index (χ0n) is 11.2. The second kappa shape index (κ2) is 5.67. The first-order valence-corrected chi connectivity index (χ1v) is 8.50. The molecular weight excluding hydrogens is 324 g/mol. The first-order chi connectivity index (χ1) is 10.1. The van der Waals surface area contributed by atoms with Gasteiger partial charge in [-0.25, -0.2) is 0 Å². The molecule has 3 N–H and O–H groups in total. The summed E-state index contributed by atoms with van der Waals surface area (Å²) in [5, 5.41) is 8.45. The second-order valence-electron chi connectivity index (χ2n) is 4.74. The second-order valence-corrected chi connectivity index (χ2v) is 7.01. The molecule has 0 aliphatic carbocycles. The van der Waals surface area contributed by atoms with E-state index >= 15 is 0 Å². The average Bonchev–Trinajstić information content (AvgIpc) is 3.08. The van der Waals surface area contributed by atoms with E-state index in [0.717, 1.165) is 15.6 Å². The predicted octanol–water partition coefficient (Wildman–Crippen LogP) is 4.69. The van der Waals surface area contributed by atoms with Crippen molar-refractivity contribution in [3.05, 3.63) is 50.5 Å². The Morgan fingerprint density at radius 3 is 2.90 bits per heavy atom. The van der Waals surface area contributed by atoms with Crippen LogP contribution in [0.5, 0.6) is 0 Å². The van der Waals surface area contributed by atoms with Gasteiger partial charge in [-0.1, -0.05) is 11.6 Å². The maximum Gasteiger partial charge on any atom is 0.263 e. The molecule has 0 aliphatic rings. The van der Waals surface area contributed by atoms with E-state index in [1.54, 1.807) is 23.5 Å². The maximum atomic E-state index is 12.4. The number of rotatable bonds is 3. The minimum atomic E-state index is -0.150. The van der Waals surface area contributed by atoms with Gasteiger partial charge >= 0.3 is 0 Å². The van der Waals surface area contributed by atoms with E-state index in [1.807, 2.05) is 29.8 Å². The van der Waals surface area contributed by atoms with Crippen LogP contribution in [0.25, 0.3) is 10.1 Å². The summed E-state index contributed by atoms with van der Waals surface area (Å²) in [5.41, 5.74) is 7.68. The molecule has 108 valence electrons. The Kier molecular flexibility index (Phi) is 3.89. The van der Waals surface area contributed by atoms with Gasteiger partial charge < -0.3 is 11.1 Å². The zero-order valence-corrected chi connectivity index (χ0v) is 13.6. The summed E-state index contributed by atoms with van der Waals surface area (Å²) in [7, 11) is 0. The van der Waals surface area contributed by atoms with Crippen LogP contribution in [0.3, 0.4) is 0 Å². The lowest BCUT2D eigenvalue weighted by molar-refractivity contribution is 0.0945. The lowest BCUT2D eigenvalue weighted by atomic mass is 10.1. The molecule has 2 heterocycles. The molecule has 0 spiro atoms. The Morgan fingerprint density at radius 2 is 2.19 bits per heavy atom. The molecule has 0 fully saturated rings. The van der Waals surface area contributed by atoms with Gasteiger partial charge in [-0.05, 0) is 47.5 Å². The highest BCUT2D eigenvalue weighted by molar-refractivity contribution is 7.21. The SMILES string of the molecule is CC(NC(=O)c1sc2ccc(Cl)cc2c1N)c1ccsc1. The van der Waals surface area contributed by atoms with Crippen LogP contribution in [0.1, 0.15) is 28.2 Å². The molecule has 3 aromatic rings. The molecule has 3 rings (SSSR count). The quantitative estimate of drug-likeness (QED) is 0.729. The Balaban J connectivity index is 1.89. The number of amides is 1. The van der Waals surface area contributed by atoms with E-state index in [0.29, 0.717) is 15.6 Å². The van der Waals surface area contributed by atoms with Crippen molar-refractivity contribution in [1.82, 2.24) is 5.32 Å². The third-order valence-corrected chi connectivity index (χ3v) is 5.41. The summed E-state index contributed by atoms with van der Waals surface area (Å²) in [6, 6.07) is 7.44. The van der Waals surface area contributed by atoms with Gasteiger partial charge in [0.1, 0.15) is 4.88 Å². The number of anilines is 1. The first kappa shape index (κ1) is 14.4. The number of hydrogen-bond acceptors (Lipinski definition) is 4. The Morgan fingerprint density at radius 1 is 1.38 bits per heavy atom. The van der Waals surface area contributed by atoms with Crippen LogP contribution in [0.2, 0.25) is 5.02 Å². The number of halogens is 1. The molecule has 1 atom stereocenters. The van der Waals surface area contributed by atoms with Crippen molar-refractivity contribution in [3.63, 3.8) is 0 Å². The van der Waals surface area contributed by atoms with Crippen LogP contribution in [-0.2, 0) is 0 Å². The summed E-state index contributed by atoms with van der Waals surface area (Å²) >= 11 is 8.98. The number of carbonyl (C=O) groups excluding carboxylic acids is 1. The monoisotopic (exact) mass is 336 g/mol. The summed E-state index contributed by atoms with van der Waals surface area (Å²) in [4.78, 5) is 13.0. The number of carbonyl (C=O) groups is 1. The summed E-state index contributed by atoms with van der Waals surface area (Å²) in [5.74, 6) is -0.150. The maximum absolute atomic E-state index is 12.4. The molecule has 6 heteroatoms. The molecule has 2 aromatic heterocycles. The van der Waals surface area contributed by atoms with Crippen molar-refractivity contribution in [2.45, 2.75) is 13.0 Å². The largest absolute Gasteiger partial charge is 0.397 e. The van der Waals surface area contributed by atoms with Crippen molar-refractivity contribution < 1.29 is 4.79 Å². The Labute approximate surface area is 135 Å². The summed E-state index contributed by atoms with van der Waals surface area (Å²) < 4.78 is 0.963. The average molecular weight is 337 g/mol. The zero-order chi connectivity index (χ0) is 15.0. The molecule has 21 heavy (non-hydrogen) atoms. The van der Waals surface area contributed by atoms with E-state index < -0.39 is 0 Å². The number of fused-ring (bicyclic) bond motifs is 1. The predicted molar refractivity (Wildman–Crippen MR) is 91.4 cm³/mol. The number of thiophene rings is 2. The fourth-order valence-electron chi connectivity index (χ4n) is 2.12. The van der Waals surface area contributed by atoms with Crippen LogP contribution in [0, 0.1) is 0 Å². The minimum absolute atomic E-state index is 0.0445. The van der Waals surface area contributed by atoms with Gasteiger partial charge in [-0.15, -0.1) is 11.3 Å². The van der Waals surface area contributed by atoms with Gasteiger partial charge in [-0.3, -0.25) is 4.79 Å². The van der Waals surface area contributed by atoms with E-state index in [1.165, 1.54) is 11.3 Å². The van der Waals surface area contributed by atoms with Gasteiger partial charge in [0.2, 0.25) is 0 Å². The van der Waals surface area contributed by atoms with Crippen LogP contribution < -0.4 is 11.1 Å². The van der Waals surface area contributed by atoms with Crippen molar-refractivity contribution in [2.75, 3.05) is 5.73 Å². The van der Waals surface area contributed by atoms with Crippen molar-refractivity contribution in [2.24, 2.45) is 0 Å². The molecule has 0 aliphatic heterocycles. The molecule has 0 radical (unpaired) electrons. The number of benzene rings is 1. The minimum Gasteiger partial charge on any atom is -0.397 e. The summed E-state index contributed by atoms with van der Waals surface area (Å²) in [6.07, 6.45) is 0. The Hall–Kier alpha value is -1.56. The fourth-order valence-corrected chi connectivity index (χ4v) is 4.06. The number of nitrogens with two attached hydrogens (primary N) is 1. The third kappa shape index (κ3) is 2.77. The van der Waals surface area contributed by atoms with E-state index in [2.05, 4.69) is 5.32 Å². The third-order valence-electron chi connectivity index (χ3n) is 3.29. The fraction of sp³-hybridized carbons (Fsp3) is 0.133. The highest BCUT2D eigenvalue weighted by Crippen LogP contribution is 2.35. The van der Waals surface area contributed by atoms with Gasteiger partial charge in [-0.2, -0.15) is 11.3 Å². The lowest BCUT2D eigenvalue weighted by Crippen LogP contribution is -2.26. The standard InChI is InChI=1S/C15H13ClN2OS2/c1-8(9-4-5-20-7-9)18-15(19)14-13(17)11-6-10(16)2-3-12(11)21-14/h2-8H,17H2,1H3,(H,18,19). The van der Waals surface area contributed by atoms with Gasteiger partial charge in [0.15, 0.2) is 0 Å². The molecule has 0 saturated carbocycles. The highest BCUT2D eigenvalue weighted by Gasteiger charge is 2.18. The van der Waals surface area contributed by atoms with Crippen LogP contribution >= 0.6 is 34.3 Å². The molecule has 3 nitrogen and oxygen atoms in total. The van der Waals surface area contributed by atoms with Crippen molar-refractivity contribution >= 4 is 56.0 Å². The van der Waals surface area contributed by atoms with Crippen LogP contribution in [0.4, 0.5) is 5.69 Å².